The molecule has 0 aliphatic carbocycles. The number of hydrogen-bond acceptors (Lipinski definition) is 5. The fraction of sp³-hybridized carbons (Fsp3) is 0.286. The molecule has 0 unspecified atom stereocenters. The number of anilines is 2. The van der Waals surface area contributed by atoms with E-state index in [1.54, 1.807) is 30.4 Å². The molecule has 152 valence electrons. The molecule has 3 aromatic rings. The molecule has 0 radical (unpaired) electrons. The molecule has 2 aromatic heterocycles. The van der Waals surface area contributed by atoms with E-state index >= 15 is 0 Å². The number of benzene rings is 1. The van der Waals surface area contributed by atoms with Crippen LogP contribution in [-0.4, -0.2) is 28.8 Å². The molecule has 0 aliphatic rings. The highest BCUT2D eigenvalue weighted by atomic mass is 35.5. The van der Waals surface area contributed by atoms with Gasteiger partial charge in [0.25, 0.3) is 11.4 Å². The first-order chi connectivity index (χ1) is 13.8. The van der Waals surface area contributed by atoms with E-state index in [2.05, 4.69) is 29.0 Å². The Balaban J connectivity index is 1.82. The summed E-state index contributed by atoms with van der Waals surface area (Å²) >= 11 is 12.3. The zero-order valence-corrected chi connectivity index (χ0v) is 18.0. The van der Waals surface area contributed by atoms with E-state index in [1.807, 2.05) is 30.3 Å². The number of halogens is 2. The topological polar surface area (TPSA) is 71.1 Å². The van der Waals surface area contributed by atoms with E-state index in [-0.39, 0.29) is 16.3 Å². The van der Waals surface area contributed by atoms with Gasteiger partial charge in [0.2, 0.25) is 0 Å². The van der Waals surface area contributed by atoms with Gasteiger partial charge < -0.3 is 9.64 Å². The lowest BCUT2D eigenvalue weighted by molar-refractivity contribution is 0.173. The first kappa shape index (κ1) is 21.1. The van der Waals surface area contributed by atoms with Gasteiger partial charge in [-0.15, -0.1) is 5.10 Å². The fourth-order valence-corrected chi connectivity index (χ4v) is 3.32. The number of rotatable bonds is 7. The third kappa shape index (κ3) is 5.28. The van der Waals surface area contributed by atoms with Crippen LogP contribution in [0, 0.1) is 5.41 Å². The van der Waals surface area contributed by atoms with Gasteiger partial charge in [-0.05, 0) is 36.2 Å². The monoisotopic (exact) mass is 432 g/mol. The second-order valence-electron chi connectivity index (χ2n) is 7.55. The third-order valence-electron chi connectivity index (χ3n) is 4.43. The normalized spacial score (nSPS) is 11.3. The summed E-state index contributed by atoms with van der Waals surface area (Å²) in [7, 11) is 1.78. The van der Waals surface area contributed by atoms with Gasteiger partial charge in [-0.2, -0.15) is 0 Å². The van der Waals surface area contributed by atoms with E-state index in [0.29, 0.717) is 17.3 Å². The lowest BCUT2D eigenvalue weighted by atomic mass is 9.87. The minimum Gasteiger partial charge on any atom is -0.475 e. The van der Waals surface area contributed by atoms with E-state index in [1.165, 1.54) is 0 Å². The molecule has 0 atom stereocenters. The Hall–Kier alpha value is -2.57. The van der Waals surface area contributed by atoms with Gasteiger partial charge in [0, 0.05) is 23.7 Å². The number of aromatic amines is 1. The highest BCUT2D eigenvalue weighted by Gasteiger charge is 2.24. The van der Waals surface area contributed by atoms with Crippen LogP contribution in [0.5, 0.6) is 5.88 Å². The van der Waals surface area contributed by atoms with Crippen molar-refractivity contribution in [3.05, 3.63) is 74.8 Å². The van der Waals surface area contributed by atoms with Crippen molar-refractivity contribution in [3.8, 4) is 5.88 Å². The number of hydrogen-bond donors (Lipinski definition) is 1. The molecule has 1 aromatic carbocycles. The van der Waals surface area contributed by atoms with E-state index in [0.717, 1.165) is 17.7 Å². The van der Waals surface area contributed by atoms with Crippen molar-refractivity contribution < 1.29 is 4.74 Å². The number of ether oxygens (including phenoxy) is 1. The molecule has 0 spiro atoms. The summed E-state index contributed by atoms with van der Waals surface area (Å²) < 4.78 is 6.02. The minimum absolute atomic E-state index is 0.0110. The Morgan fingerprint density at radius 2 is 1.90 bits per heavy atom. The summed E-state index contributed by atoms with van der Waals surface area (Å²) in [5.41, 5.74) is 1.63. The summed E-state index contributed by atoms with van der Waals surface area (Å²) in [6.45, 7) is 4.57. The van der Waals surface area contributed by atoms with Crippen LogP contribution in [0.15, 0.2) is 53.6 Å². The Morgan fingerprint density at radius 1 is 1.17 bits per heavy atom. The molecular weight excluding hydrogens is 411 g/mol. The molecule has 6 nitrogen and oxygen atoms in total. The SMILES string of the molecule is CN(c1cccnc1)c1c(OCC(C)(C)Cc2ccc(Cl)cc2)n[nH]c(=O)c1Cl. The number of nitrogens with one attached hydrogen (secondary N) is 1. The standard InChI is InChI=1S/C21H22Cl2N4O2/c1-21(2,11-14-6-8-15(22)9-7-14)13-29-20-18(17(23)19(28)25-26-20)27(3)16-5-4-10-24-12-16/h4-10,12H,11,13H2,1-3H3,(H,25,28). The second kappa shape index (κ2) is 8.84. The van der Waals surface area contributed by atoms with Gasteiger partial charge in [0.05, 0.1) is 18.5 Å². The van der Waals surface area contributed by atoms with Crippen molar-refractivity contribution in [1.82, 2.24) is 15.2 Å². The maximum absolute atomic E-state index is 12.0. The summed E-state index contributed by atoms with van der Waals surface area (Å²) in [5.74, 6) is 0.255. The van der Waals surface area contributed by atoms with E-state index in [4.69, 9.17) is 27.9 Å². The number of H-pyrrole nitrogens is 1. The van der Waals surface area contributed by atoms with Crippen molar-refractivity contribution in [2.24, 2.45) is 5.41 Å². The van der Waals surface area contributed by atoms with E-state index in [9.17, 15) is 4.79 Å². The summed E-state index contributed by atoms with van der Waals surface area (Å²) in [6, 6.07) is 11.4. The number of aromatic nitrogens is 3. The Bertz CT molecular complexity index is 1020. The molecule has 0 aliphatic heterocycles. The van der Waals surface area contributed by atoms with Crippen LogP contribution in [0.3, 0.4) is 0 Å². The Morgan fingerprint density at radius 3 is 2.55 bits per heavy atom. The van der Waals surface area contributed by atoms with Crippen LogP contribution in [0.1, 0.15) is 19.4 Å². The molecule has 8 heteroatoms. The van der Waals surface area contributed by atoms with E-state index < -0.39 is 5.56 Å². The summed E-state index contributed by atoms with van der Waals surface area (Å²) in [5, 5.41) is 7.19. The maximum Gasteiger partial charge on any atom is 0.285 e. The van der Waals surface area contributed by atoms with Gasteiger partial charge in [-0.3, -0.25) is 9.78 Å². The first-order valence-electron chi connectivity index (χ1n) is 9.06. The first-order valence-corrected chi connectivity index (χ1v) is 9.81. The number of nitrogens with zero attached hydrogens (tertiary/aromatic N) is 3. The molecule has 2 heterocycles. The quantitative estimate of drug-likeness (QED) is 0.575. The van der Waals surface area contributed by atoms with Crippen LogP contribution < -0.4 is 15.2 Å². The lowest BCUT2D eigenvalue weighted by Gasteiger charge is -2.27. The van der Waals surface area contributed by atoms with Gasteiger partial charge in [-0.1, -0.05) is 49.2 Å². The molecule has 0 saturated heterocycles. The molecule has 0 fully saturated rings. The predicted molar refractivity (Wildman–Crippen MR) is 117 cm³/mol. The zero-order valence-electron chi connectivity index (χ0n) is 16.4. The van der Waals surface area contributed by atoms with Crippen molar-refractivity contribution in [3.63, 3.8) is 0 Å². The molecule has 0 bridgehead atoms. The fourth-order valence-electron chi connectivity index (χ4n) is 2.95. The zero-order chi connectivity index (χ0) is 21.0. The largest absolute Gasteiger partial charge is 0.475 e. The third-order valence-corrected chi connectivity index (χ3v) is 5.04. The van der Waals surface area contributed by atoms with Gasteiger partial charge in [-0.25, -0.2) is 5.10 Å². The van der Waals surface area contributed by atoms with Crippen molar-refractivity contribution >= 4 is 34.6 Å². The van der Waals surface area contributed by atoms with Crippen LogP contribution >= 0.6 is 23.2 Å². The van der Waals surface area contributed by atoms with Gasteiger partial charge >= 0.3 is 0 Å². The van der Waals surface area contributed by atoms with Gasteiger partial charge in [0.1, 0.15) is 10.7 Å². The highest BCUT2D eigenvalue weighted by Crippen LogP contribution is 2.35. The average molecular weight is 433 g/mol. The molecule has 0 saturated carbocycles. The Labute approximate surface area is 179 Å². The molecule has 29 heavy (non-hydrogen) atoms. The van der Waals surface area contributed by atoms with Crippen LogP contribution in [0.4, 0.5) is 11.4 Å². The van der Waals surface area contributed by atoms with Gasteiger partial charge in [0.15, 0.2) is 0 Å². The maximum atomic E-state index is 12.0. The molecule has 1 N–H and O–H groups in total. The summed E-state index contributed by atoms with van der Waals surface area (Å²) in [6.07, 6.45) is 4.13. The lowest BCUT2D eigenvalue weighted by Crippen LogP contribution is -2.26. The molecular formula is C21H22Cl2N4O2. The highest BCUT2D eigenvalue weighted by molar-refractivity contribution is 6.33. The van der Waals surface area contributed by atoms with Crippen LogP contribution in [-0.2, 0) is 6.42 Å². The molecule has 3 rings (SSSR count). The van der Waals surface area contributed by atoms with Crippen molar-refractivity contribution in [1.29, 1.82) is 0 Å². The summed E-state index contributed by atoms with van der Waals surface area (Å²) in [4.78, 5) is 17.9. The van der Waals surface area contributed by atoms with Crippen molar-refractivity contribution in [2.45, 2.75) is 20.3 Å². The second-order valence-corrected chi connectivity index (χ2v) is 8.36. The molecule has 0 amide bonds. The average Bonchev–Trinajstić information content (AvgIpc) is 2.71. The number of pyridine rings is 1. The predicted octanol–water partition coefficient (Wildman–Crippen LogP) is 4.89. The van der Waals surface area contributed by atoms with Crippen LogP contribution in [0.2, 0.25) is 10.0 Å². The Kier molecular flexibility index (Phi) is 6.45. The smallest absolute Gasteiger partial charge is 0.285 e. The van der Waals surface area contributed by atoms with Crippen molar-refractivity contribution in [2.75, 3.05) is 18.6 Å². The van der Waals surface area contributed by atoms with Crippen LogP contribution in [0.25, 0.3) is 0 Å². The minimum atomic E-state index is -0.481.